The molecule has 7 heteroatoms. The lowest BCUT2D eigenvalue weighted by atomic mass is 10.0. The van der Waals surface area contributed by atoms with Crippen molar-refractivity contribution in [2.75, 3.05) is 27.3 Å². The second-order valence-electron chi connectivity index (χ2n) is 5.17. The highest BCUT2D eigenvalue weighted by molar-refractivity contribution is 7.89. The molecule has 0 amide bonds. The minimum atomic E-state index is -3.66. The average Bonchev–Trinajstić information content (AvgIpc) is 2.97. The molecule has 0 saturated carbocycles. The summed E-state index contributed by atoms with van der Waals surface area (Å²) >= 11 is 0. The minimum Gasteiger partial charge on any atom is -0.497 e. The van der Waals surface area contributed by atoms with Crippen molar-refractivity contribution in [2.45, 2.75) is 24.3 Å². The molecule has 6 nitrogen and oxygen atoms in total. The highest BCUT2D eigenvalue weighted by Gasteiger charge is 2.36. The summed E-state index contributed by atoms with van der Waals surface area (Å²) in [6.07, 6.45) is 0.140. The SMILES string of the molecule is COc1ccc(OC)c(S(=O)(=O)N2CCC(C(C)O)C2)c1. The molecule has 21 heavy (non-hydrogen) atoms. The van der Waals surface area contributed by atoms with Gasteiger partial charge in [-0.25, -0.2) is 8.42 Å². The largest absolute Gasteiger partial charge is 0.497 e. The minimum absolute atomic E-state index is 0.0311. The molecular formula is C14H21NO5S. The first-order chi connectivity index (χ1) is 9.90. The molecule has 1 aromatic carbocycles. The van der Waals surface area contributed by atoms with Gasteiger partial charge in [0, 0.05) is 19.2 Å². The first-order valence-electron chi connectivity index (χ1n) is 6.80. The van der Waals surface area contributed by atoms with Crippen LogP contribution in [0.3, 0.4) is 0 Å². The van der Waals surface area contributed by atoms with Crippen molar-refractivity contribution < 1.29 is 23.0 Å². The molecule has 1 heterocycles. The van der Waals surface area contributed by atoms with E-state index in [1.54, 1.807) is 19.1 Å². The molecule has 2 atom stereocenters. The van der Waals surface area contributed by atoms with E-state index < -0.39 is 16.1 Å². The summed E-state index contributed by atoms with van der Waals surface area (Å²) in [6, 6.07) is 4.69. The summed E-state index contributed by atoms with van der Waals surface area (Å²) in [5, 5.41) is 9.62. The topological polar surface area (TPSA) is 76.1 Å². The van der Waals surface area contributed by atoms with Crippen LogP contribution >= 0.6 is 0 Å². The van der Waals surface area contributed by atoms with Gasteiger partial charge in [0.2, 0.25) is 10.0 Å². The van der Waals surface area contributed by atoms with Gasteiger partial charge in [-0.15, -0.1) is 0 Å². The van der Waals surface area contributed by atoms with E-state index in [0.29, 0.717) is 25.3 Å². The average molecular weight is 315 g/mol. The van der Waals surface area contributed by atoms with Gasteiger partial charge in [-0.2, -0.15) is 4.31 Å². The quantitative estimate of drug-likeness (QED) is 0.880. The summed E-state index contributed by atoms with van der Waals surface area (Å²) < 4.78 is 37.2. The van der Waals surface area contributed by atoms with E-state index in [2.05, 4.69) is 0 Å². The Morgan fingerprint density at radius 1 is 1.33 bits per heavy atom. The molecule has 1 fully saturated rings. The fourth-order valence-electron chi connectivity index (χ4n) is 2.49. The van der Waals surface area contributed by atoms with E-state index in [1.807, 2.05) is 0 Å². The van der Waals surface area contributed by atoms with E-state index in [4.69, 9.17) is 9.47 Å². The lowest BCUT2D eigenvalue weighted by Gasteiger charge is -2.19. The fraction of sp³-hybridized carbons (Fsp3) is 0.571. The molecule has 1 aliphatic heterocycles. The molecule has 2 unspecified atom stereocenters. The van der Waals surface area contributed by atoms with Crippen LogP contribution < -0.4 is 9.47 Å². The van der Waals surface area contributed by atoms with Crippen LogP contribution in [-0.2, 0) is 10.0 Å². The van der Waals surface area contributed by atoms with Gasteiger partial charge >= 0.3 is 0 Å². The fourth-order valence-corrected chi connectivity index (χ4v) is 4.17. The van der Waals surface area contributed by atoms with Gasteiger partial charge in [-0.3, -0.25) is 0 Å². The Balaban J connectivity index is 2.36. The number of hydrogen-bond acceptors (Lipinski definition) is 5. The lowest BCUT2D eigenvalue weighted by Crippen LogP contribution is -2.30. The highest BCUT2D eigenvalue weighted by atomic mass is 32.2. The Hall–Kier alpha value is -1.31. The van der Waals surface area contributed by atoms with Gasteiger partial charge in [-0.1, -0.05) is 0 Å². The summed E-state index contributed by atoms with van der Waals surface area (Å²) in [7, 11) is -0.746. The predicted octanol–water partition coefficient (Wildman–Crippen LogP) is 1.10. The van der Waals surface area contributed by atoms with Crippen molar-refractivity contribution in [1.82, 2.24) is 4.31 Å². The van der Waals surface area contributed by atoms with Crippen LogP contribution in [0.5, 0.6) is 11.5 Å². The van der Waals surface area contributed by atoms with Gasteiger partial charge in [0.15, 0.2) is 0 Å². The standard InChI is InChI=1S/C14H21NO5S/c1-10(16)11-6-7-15(9-11)21(17,18)14-8-12(19-2)4-5-13(14)20-3/h4-5,8,10-11,16H,6-7,9H2,1-3H3. The first kappa shape index (κ1) is 16.1. The van der Waals surface area contributed by atoms with Crippen molar-refractivity contribution in [3.63, 3.8) is 0 Å². The van der Waals surface area contributed by atoms with Gasteiger partial charge in [0.05, 0.1) is 20.3 Å². The highest BCUT2D eigenvalue weighted by Crippen LogP contribution is 2.33. The van der Waals surface area contributed by atoms with Crippen LogP contribution in [0.15, 0.2) is 23.1 Å². The van der Waals surface area contributed by atoms with E-state index in [1.165, 1.54) is 24.6 Å². The molecule has 118 valence electrons. The third-order valence-corrected chi connectivity index (χ3v) is 5.74. The second kappa shape index (κ2) is 6.21. The van der Waals surface area contributed by atoms with Crippen LogP contribution in [-0.4, -0.2) is 51.2 Å². The zero-order valence-corrected chi connectivity index (χ0v) is 13.3. The van der Waals surface area contributed by atoms with Crippen LogP contribution in [0.2, 0.25) is 0 Å². The van der Waals surface area contributed by atoms with E-state index >= 15 is 0 Å². The molecule has 1 saturated heterocycles. The number of sulfonamides is 1. The number of benzene rings is 1. The van der Waals surface area contributed by atoms with E-state index in [-0.39, 0.29) is 16.6 Å². The molecular weight excluding hydrogens is 294 g/mol. The smallest absolute Gasteiger partial charge is 0.246 e. The lowest BCUT2D eigenvalue weighted by molar-refractivity contribution is 0.133. The van der Waals surface area contributed by atoms with Crippen molar-refractivity contribution in [3.8, 4) is 11.5 Å². The molecule has 0 aromatic heterocycles. The maximum Gasteiger partial charge on any atom is 0.246 e. The summed E-state index contributed by atoms with van der Waals surface area (Å²) in [6.45, 7) is 2.41. The summed E-state index contributed by atoms with van der Waals surface area (Å²) in [5.41, 5.74) is 0. The third kappa shape index (κ3) is 3.14. The Kier molecular flexibility index (Phi) is 4.75. The number of rotatable bonds is 5. The summed E-state index contributed by atoms with van der Waals surface area (Å²) in [5.74, 6) is 0.716. The van der Waals surface area contributed by atoms with Crippen molar-refractivity contribution in [1.29, 1.82) is 0 Å². The number of ether oxygens (including phenoxy) is 2. The monoisotopic (exact) mass is 315 g/mol. The Morgan fingerprint density at radius 2 is 2.05 bits per heavy atom. The number of nitrogens with zero attached hydrogens (tertiary/aromatic N) is 1. The first-order valence-corrected chi connectivity index (χ1v) is 8.24. The molecule has 2 rings (SSSR count). The number of aliphatic hydroxyl groups is 1. The molecule has 0 aliphatic carbocycles. The molecule has 1 N–H and O–H groups in total. The number of hydrogen-bond donors (Lipinski definition) is 1. The van der Waals surface area contributed by atoms with Crippen LogP contribution in [0.1, 0.15) is 13.3 Å². The van der Waals surface area contributed by atoms with Crippen LogP contribution in [0.4, 0.5) is 0 Å². The van der Waals surface area contributed by atoms with Crippen molar-refractivity contribution in [3.05, 3.63) is 18.2 Å². The molecule has 1 aromatic rings. The maximum absolute atomic E-state index is 12.8. The molecule has 0 bridgehead atoms. The zero-order chi connectivity index (χ0) is 15.6. The zero-order valence-electron chi connectivity index (χ0n) is 12.4. The Morgan fingerprint density at radius 3 is 2.57 bits per heavy atom. The van der Waals surface area contributed by atoms with Crippen LogP contribution in [0.25, 0.3) is 0 Å². The van der Waals surface area contributed by atoms with E-state index in [9.17, 15) is 13.5 Å². The Bertz CT molecular complexity index is 599. The predicted molar refractivity (Wildman–Crippen MR) is 78.1 cm³/mol. The molecule has 1 aliphatic rings. The molecule has 0 radical (unpaired) electrons. The number of aliphatic hydroxyl groups excluding tert-OH is 1. The van der Waals surface area contributed by atoms with Crippen LogP contribution in [0, 0.1) is 5.92 Å². The molecule has 0 spiro atoms. The second-order valence-corrected chi connectivity index (χ2v) is 7.08. The van der Waals surface area contributed by atoms with Gasteiger partial charge in [0.1, 0.15) is 16.4 Å². The Labute approximate surface area is 125 Å². The van der Waals surface area contributed by atoms with Gasteiger partial charge in [-0.05, 0) is 31.4 Å². The van der Waals surface area contributed by atoms with Crippen molar-refractivity contribution in [2.24, 2.45) is 5.92 Å². The van der Waals surface area contributed by atoms with E-state index in [0.717, 1.165) is 0 Å². The van der Waals surface area contributed by atoms with Crippen molar-refractivity contribution >= 4 is 10.0 Å². The third-order valence-electron chi connectivity index (χ3n) is 3.86. The van der Waals surface area contributed by atoms with Gasteiger partial charge in [0.25, 0.3) is 0 Å². The maximum atomic E-state index is 12.8. The van der Waals surface area contributed by atoms with Gasteiger partial charge < -0.3 is 14.6 Å². The number of methoxy groups -OCH3 is 2. The normalized spacial score (nSPS) is 21.2. The summed E-state index contributed by atoms with van der Waals surface area (Å²) in [4.78, 5) is 0.0931.